The van der Waals surface area contributed by atoms with Gasteiger partial charge in [0.25, 0.3) is 5.56 Å². The highest BCUT2D eigenvalue weighted by Gasteiger charge is 2.15. The number of carbonyl (C=O) groups is 1. The topological polar surface area (TPSA) is 91.0 Å². The Kier molecular flexibility index (Phi) is 4.97. The number of para-hydroxylation sites is 1. The Morgan fingerprint density at radius 2 is 2.19 bits per heavy atom. The number of hydrogen-bond donors (Lipinski definition) is 1. The van der Waals surface area contributed by atoms with Crippen molar-refractivity contribution in [1.82, 2.24) is 19.3 Å². The quantitative estimate of drug-likeness (QED) is 0.742. The predicted octanol–water partition coefficient (Wildman–Crippen LogP) is 1.80. The lowest BCUT2D eigenvalue weighted by atomic mass is 10.1. The molecule has 0 saturated carbocycles. The largest absolute Gasteiger partial charge is 0.376 e. The van der Waals surface area contributed by atoms with E-state index in [2.05, 4.69) is 15.4 Å². The van der Waals surface area contributed by atoms with E-state index >= 15 is 0 Å². The fraction of sp³-hybridized carbons (Fsp3) is 0.368. The molecule has 27 heavy (non-hydrogen) atoms. The van der Waals surface area contributed by atoms with Crippen LogP contribution in [0.4, 0.5) is 5.69 Å². The smallest absolute Gasteiger partial charge is 0.261 e. The van der Waals surface area contributed by atoms with E-state index in [-0.39, 0.29) is 24.1 Å². The molecular weight excluding hydrogens is 346 g/mol. The first-order valence-corrected chi connectivity index (χ1v) is 9.07. The number of hydrogen-bond acceptors (Lipinski definition) is 5. The van der Waals surface area contributed by atoms with E-state index in [4.69, 9.17) is 4.74 Å². The van der Waals surface area contributed by atoms with E-state index in [0.29, 0.717) is 23.1 Å². The summed E-state index contributed by atoms with van der Waals surface area (Å²) >= 11 is 0. The van der Waals surface area contributed by atoms with E-state index in [0.717, 1.165) is 19.4 Å². The number of carbonyl (C=O) groups excluding carboxylic acids is 1. The van der Waals surface area contributed by atoms with Gasteiger partial charge in [0.15, 0.2) is 0 Å². The Bertz CT molecular complexity index is 1000. The van der Waals surface area contributed by atoms with Gasteiger partial charge in [0.05, 0.1) is 41.8 Å². The van der Waals surface area contributed by atoms with E-state index < -0.39 is 0 Å². The average Bonchev–Trinajstić information content (AvgIpc) is 3.11. The van der Waals surface area contributed by atoms with Gasteiger partial charge in [-0.1, -0.05) is 12.1 Å². The Labute approximate surface area is 155 Å². The molecule has 0 spiro atoms. The molecule has 1 N–H and O–H groups in total. The summed E-state index contributed by atoms with van der Waals surface area (Å²) in [5.41, 5.74) is 0.976. The minimum absolute atomic E-state index is 0.104. The molecule has 1 saturated heterocycles. The van der Waals surface area contributed by atoms with Crippen LogP contribution in [0.15, 0.2) is 47.8 Å². The van der Waals surface area contributed by atoms with E-state index in [1.54, 1.807) is 35.3 Å². The molecule has 3 heterocycles. The van der Waals surface area contributed by atoms with Gasteiger partial charge in [-0.3, -0.25) is 18.8 Å². The first-order chi connectivity index (χ1) is 13.2. The average molecular weight is 367 g/mol. The zero-order valence-corrected chi connectivity index (χ0v) is 14.9. The van der Waals surface area contributed by atoms with Crippen LogP contribution in [-0.4, -0.2) is 37.9 Å². The highest BCUT2D eigenvalue weighted by atomic mass is 16.5. The molecule has 1 fully saturated rings. The van der Waals surface area contributed by atoms with Gasteiger partial charge in [-0.2, -0.15) is 5.10 Å². The molecule has 140 valence electrons. The van der Waals surface area contributed by atoms with Crippen LogP contribution in [0.5, 0.6) is 0 Å². The molecule has 2 aromatic heterocycles. The van der Waals surface area contributed by atoms with Crippen molar-refractivity contribution in [3.05, 3.63) is 53.3 Å². The maximum Gasteiger partial charge on any atom is 0.261 e. The third-order valence-corrected chi connectivity index (χ3v) is 4.63. The lowest BCUT2D eigenvalue weighted by Crippen LogP contribution is -2.27. The van der Waals surface area contributed by atoms with Crippen LogP contribution in [-0.2, 0) is 22.6 Å². The number of nitrogens with one attached hydrogen (secondary N) is 1. The van der Waals surface area contributed by atoms with Gasteiger partial charge in [-0.25, -0.2) is 4.98 Å². The van der Waals surface area contributed by atoms with Crippen molar-refractivity contribution in [2.24, 2.45) is 0 Å². The monoisotopic (exact) mass is 367 g/mol. The fourth-order valence-corrected chi connectivity index (χ4v) is 3.26. The second-order valence-electron chi connectivity index (χ2n) is 6.68. The van der Waals surface area contributed by atoms with Crippen LogP contribution >= 0.6 is 0 Å². The van der Waals surface area contributed by atoms with Crippen molar-refractivity contribution in [2.45, 2.75) is 38.5 Å². The molecule has 1 aromatic carbocycles. The number of aromatic nitrogens is 4. The number of ether oxygens (including phenoxy) is 1. The maximum absolute atomic E-state index is 12.5. The summed E-state index contributed by atoms with van der Waals surface area (Å²) in [6, 6.07) is 7.07. The summed E-state index contributed by atoms with van der Waals surface area (Å²) in [5.74, 6) is -0.303. The molecule has 1 aliphatic rings. The zero-order valence-electron chi connectivity index (χ0n) is 14.9. The molecule has 1 unspecified atom stereocenters. The van der Waals surface area contributed by atoms with Crippen molar-refractivity contribution in [3.8, 4) is 0 Å². The van der Waals surface area contributed by atoms with Gasteiger partial charge in [0.1, 0.15) is 6.54 Å². The van der Waals surface area contributed by atoms with Gasteiger partial charge < -0.3 is 10.1 Å². The molecule has 8 nitrogen and oxygen atoms in total. The van der Waals surface area contributed by atoms with Gasteiger partial charge in [-0.15, -0.1) is 0 Å². The predicted molar refractivity (Wildman–Crippen MR) is 100 cm³/mol. The van der Waals surface area contributed by atoms with Crippen molar-refractivity contribution < 1.29 is 9.53 Å². The second-order valence-corrected chi connectivity index (χ2v) is 6.68. The maximum atomic E-state index is 12.5. The Morgan fingerprint density at radius 3 is 3.04 bits per heavy atom. The zero-order chi connectivity index (χ0) is 18.6. The Morgan fingerprint density at radius 1 is 1.30 bits per heavy atom. The van der Waals surface area contributed by atoms with Crippen molar-refractivity contribution in [3.63, 3.8) is 0 Å². The van der Waals surface area contributed by atoms with E-state index in [9.17, 15) is 9.59 Å². The van der Waals surface area contributed by atoms with Crippen molar-refractivity contribution >= 4 is 22.5 Å². The lowest BCUT2D eigenvalue weighted by Gasteiger charge is -2.22. The first kappa shape index (κ1) is 17.4. The molecular formula is C19H21N5O3. The number of fused-ring (bicyclic) bond motifs is 1. The number of rotatable bonds is 5. The summed E-state index contributed by atoms with van der Waals surface area (Å²) in [6.45, 7) is 1.36. The molecule has 0 aliphatic carbocycles. The standard InChI is InChI=1S/C19H21N5O3/c25-18(12-23-13-20-17-7-2-1-6-16(17)19(23)26)22-14-9-21-24(10-14)11-15-5-3-4-8-27-15/h1-2,6-7,9-10,13,15H,3-5,8,11-12H2,(H,22,25). The number of anilines is 1. The number of nitrogens with zero attached hydrogens (tertiary/aromatic N) is 4. The molecule has 1 amide bonds. The lowest BCUT2D eigenvalue weighted by molar-refractivity contribution is -0.116. The van der Waals surface area contributed by atoms with E-state index in [1.807, 2.05) is 6.07 Å². The van der Waals surface area contributed by atoms with Gasteiger partial charge in [0, 0.05) is 12.8 Å². The minimum atomic E-state index is -0.303. The van der Waals surface area contributed by atoms with Crippen LogP contribution in [0.25, 0.3) is 10.9 Å². The van der Waals surface area contributed by atoms with Crippen LogP contribution in [0.2, 0.25) is 0 Å². The van der Waals surface area contributed by atoms with Crippen LogP contribution in [0.1, 0.15) is 19.3 Å². The van der Waals surface area contributed by atoms with Crippen molar-refractivity contribution in [2.75, 3.05) is 11.9 Å². The highest BCUT2D eigenvalue weighted by molar-refractivity contribution is 5.90. The van der Waals surface area contributed by atoms with Crippen molar-refractivity contribution in [1.29, 1.82) is 0 Å². The highest BCUT2D eigenvalue weighted by Crippen LogP contribution is 2.15. The molecule has 0 bridgehead atoms. The summed E-state index contributed by atoms with van der Waals surface area (Å²) < 4.78 is 8.78. The molecule has 1 atom stereocenters. The minimum Gasteiger partial charge on any atom is -0.376 e. The normalized spacial score (nSPS) is 17.1. The first-order valence-electron chi connectivity index (χ1n) is 9.07. The molecule has 4 rings (SSSR count). The number of benzene rings is 1. The summed E-state index contributed by atoms with van der Waals surface area (Å²) in [6.07, 6.45) is 8.25. The molecule has 3 aromatic rings. The van der Waals surface area contributed by atoms with Gasteiger partial charge in [0.2, 0.25) is 5.91 Å². The Hall–Kier alpha value is -3.00. The van der Waals surface area contributed by atoms with Gasteiger partial charge >= 0.3 is 0 Å². The van der Waals surface area contributed by atoms with Crippen LogP contribution in [0, 0.1) is 0 Å². The summed E-state index contributed by atoms with van der Waals surface area (Å²) in [7, 11) is 0. The fourth-order valence-electron chi connectivity index (χ4n) is 3.26. The Balaban J connectivity index is 1.40. The SMILES string of the molecule is O=C(Cn1cnc2ccccc2c1=O)Nc1cnn(CC2CCCCO2)c1. The second kappa shape index (κ2) is 7.71. The van der Waals surface area contributed by atoms with Gasteiger partial charge in [-0.05, 0) is 31.4 Å². The third-order valence-electron chi connectivity index (χ3n) is 4.63. The number of amides is 1. The van der Waals surface area contributed by atoms with Crippen LogP contribution < -0.4 is 10.9 Å². The molecule has 0 radical (unpaired) electrons. The summed E-state index contributed by atoms with van der Waals surface area (Å²) in [4.78, 5) is 29.0. The summed E-state index contributed by atoms with van der Waals surface area (Å²) in [5, 5.41) is 7.54. The van der Waals surface area contributed by atoms with E-state index in [1.165, 1.54) is 17.3 Å². The third kappa shape index (κ3) is 4.06. The molecule has 1 aliphatic heterocycles. The van der Waals surface area contributed by atoms with Crippen LogP contribution in [0.3, 0.4) is 0 Å². The molecule has 8 heteroatoms.